The van der Waals surface area contributed by atoms with Crippen molar-refractivity contribution in [2.45, 2.75) is 25.7 Å². The Labute approximate surface area is 167 Å². The second-order valence-corrected chi connectivity index (χ2v) is 6.76. The molecule has 1 saturated carbocycles. The molecule has 3 rings (SSSR count). The van der Waals surface area contributed by atoms with E-state index in [0.717, 1.165) is 12.6 Å². The number of ether oxygens (including phenoxy) is 2. The van der Waals surface area contributed by atoms with Gasteiger partial charge in [0.2, 0.25) is 0 Å². The first-order valence-electron chi connectivity index (χ1n) is 9.13. The maximum Gasteiger partial charge on any atom is 0.314 e. The van der Waals surface area contributed by atoms with Crippen molar-refractivity contribution in [2.75, 3.05) is 0 Å². The van der Waals surface area contributed by atoms with E-state index in [2.05, 4.69) is 0 Å². The molecule has 2 aromatic carbocycles. The molecule has 1 aliphatic rings. The molecule has 0 spiro atoms. The molecule has 0 bridgehead atoms. The first-order chi connectivity index (χ1) is 13.6. The van der Waals surface area contributed by atoms with Crippen molar-refractivity contribution in [1.29, 1.82) is 0 Å². The van der Waals surface area contributed by atoms with Gasteiger partial charge in [-0.3, -0.25) is 19.2 Å². The molecule has 29 heavy (non-hydrogen) atoms. The summed E-state index contributed by atoms with van der Waals surface area (Å²) < 4.78 is 10.7. The molecule has 0 unspecified atom stereocenters. The van der Waals surface area contributed by atoms with Gasteiger partial charge in [0.1, 0.15) is 24.1 Å². The van der Waals surface area contributed by atoms with E-state index in [1.807, 2.05) is 0 Å². The SMILES string of the molecule is O.O=Cc1ccc(OC(=O)C2CCC(C(=O)Oc3ccc(C=O)cc3)CC2)cc1. The van der Waals surface area contributed by atoms with Gasteiger partial charge >= 0.3 is 11.9 Å². The lowest BCUT2D eigenvalue weighted by molar-refractivity contribution is -0.145. The first kappa shape index (κ1) is 22.0. The summed E-state index contributed by atoms with van der Waals surface area (Å²) in [4.78, 5) is 45.9. The van der Waals surface area contributed by atoms with Crippen molar-refractivity contribution in [3.8, 4) is 11.5 Å². The van der Waals surface area contributed by atoms with E-state index < -0.39 is 0 Å². The zero-order chi connectivity index (χ0) is 19.9. The largest absolute Gasteiger partial charge is 0.426 e. The molecule has 7 heteroatoms. The number of carbonyl (C=O) groups is 4. The van der Waals surface area contributed by atoms with Crippen molar-refractivity contribution in [1.82, 2.24) is 0 Å². The Morgan fingerprint density at radius 2 is 0.966 bits per heavy atom. The number of hydrogen-bond donors (Lipinski definition) is 0. The van der Waals surface area contributed by atoms with Gasteiger partial charge in [-0.05, 0) is 74.2 Å². The van der Waals surface area contributed by atoms with Gasteiger partial charge in [-0.1, -0.05) is 0 Å². The summed E-state index contributed by atoms with van der Waals surface area (Å²) >= 11 is 0. The van der Waals surface area contributed by atoms with Crippen molar-refractivity contribution >= 4 is 24.5 Å². The molecule has 2 N–H and O–H groups in total. The molecule has 0 saturated heterocycles. The molecule has 7 nitrogen and oxygen atoms in total. The van der Waals surface area contributed by atoms with Gasteiger partial charge in [-0.25, -0.2) is 0 Å². The summed E-state index contributed by atoms with van der Waals surface area (Å²) in [5.74, 6) is -0.375. The summed E-state index contributed by atoms with van der Waals surface area (Å²) in [5.41, 5.74) is 1.03. The average molecular weight is 398 g/mol. The molecular formula is C22H22O7. The second kappa shape index (κ2) is 10.3. The molecule has 1 fully saturated rings. The highest BCUT2D eigenvalue weighted by molar-refractivity contribution is 5.79. The van der Waals surface area contributed by atoms with Crippen LogP contribution in [0.15, 0.2) is 48.5 Å². The van der Waals surface area contributed by atoms with E-state index in [0.29, 0.717) is 48.3 Å². The quantitative estimate of drug-likeness (QED) is 0.419. The van der Waals surface area contributed by atoms with Crippen LogP contribution in [0.25, 0.3) is 0 Å². The maximum absolute atomic E-state index is 12.3. The molecule has 1 aliphatic carbocycles. The average Bonchev–Trinajstić information content (AvgIpc) is 2.75. The fourth-order valence-electron chi connectivity index (χ4n) is 3.19. The number of hydrogen-bond acceptors (Lipinski definition) is 6. The van der Waals surface area contributed by atoms with Gasteiger partial charge in [0.05, 0.1) is 11.8 Å². The van der Waals surface area contributed by atoms with Crippen LogP contribution in [0.1, 0.15) is 46.4 Å². The topological polar surface area (TPSA) is 118 Å². The molecule has 0 radical (unpaired) electrons. The normalized spacial score (nSPS) is 18.1. The summed E-state index contributed by atoms with van der Waals surface area (Å²) in [5, 5.41) is 0. The highest BCUT2D eigenvalue weighted by Crippen LogP contribution is 2.31. The Bertz CT molecular complexity index is 774. The van der Waals surface area contributed by atoms with Crippen LogP contribution in [0.3, 0.4) is 0 Å². The highest BCUT2D eigenvalue weighted by Gasteiger charge is 2.32. The molecule has 152 valence electrons. The Balaban J connectivity index is 0.00000300. The number of carbonyl (C=O) groups excluding carboxylic acids is 4. The van der Waals surface area contributed by atoms with E-state index >= 15 is 0 Å². The van der Waals surface area contributed by atoms with E-state index in [4.69, 9.17) is 9.47 Å². The van der Waals surface area contributed by atoms with Crippen LogP contribution >= 0.6 is 0 Å². The van der Waals surface area contributed by atoms with E-state index in [1.54, 1.807) is 48.5 Å². The van der Waals surface area contributed by atoms with Gasteiger partial charge in [0.15, 0.2) is 0 Å². The van der Waals surface area contributed by atoms with Gasteiger partial charge < -0.3 is 14.9 Å². The monoisotopic (exact) mass is 398 g/mol. The van der Waals surface area contributed by atoms with Crippen molar-refractivity contribution in [3.63, 3.8) is 0 Å². The third kappa shape index (κ3) is 5.83. The number of benzene rings is 2. The first-order valence-corrected chi connectivity index (χ1v) is 9.13. The van der Waals surface area contributed by atoms with Crippen LogP contribution in [-0.4, -0.2) is 30.0 Å². The molecule has 0 amide bonds. The van der Waals surface area contributed by atoms with Crippen LogP contribution < -0.4 is 9.47 Å². The number of esters is 2. The third-order valence-corrected chi connectivity index (χ3v) is 4.86. The minimum atomic E-state index is -0.324. The van der Waals surface area contributed by atoms with E-state index in [1.165, 1.54) is 0 Å². The summed E-state index contributed by atoms with van der Waals surface area (Å²) in [6, 6.07) is 12.7. The summed E-state index contributed by atoms with van der Waals surface area (Å²) in [7, 11) is 0. The zero-order valence-corrected chi connectivity index (χ0v) is 15.7. The molecule has 0 heterocycles. The van der Waals surface area contributed by atoms with Gasteiger partial charge in [-0.2, -0.15) is 0 Å². The van der Waals surface area contributed by atoms with Gasteiger partial charge in [0, 0.05) is 11.1 Å². The van der Waals surface area contributed by atoms with Gasteiger partial charge in [0.25, 0.3) is 0 Å². The number of rotatable bonds is 6. The third-order valence-electron chi connectivity index (χ3n) is 4.86. The van der Waals surface area contributed by atoms with Gasteiger partial charge in [-0.15, -0.1) is 0 Å². The van der Waals surface area contributed by atoms with Crippen LogP contribution in [0.4, 0.5) is 0 Å². The van der Waals surface area contributed by atoms with Crippen LogP contribution in [0.5, 0.6) is 11.5 Å². The Kier molecular flexibility index (Phi) is 7.79. The molecule has 0 atom stereocenters. The molecule has 0 aliphatic heterocycles. The highest BCUT2D eigenvalue weighted by atomic mass is 16.5. The minimum absolute atomic E-state index is 0. The number of aldehydes is 2. The Morgan fingerprint density at radius 1 is 0.655 bits per heavy atom. The smallest absolute Gasteiger partial charge is 0.314 e. The summed E-state index contributed by atoms with van der Waals surface area (Å²) in [6.45, 7) is 0. The minimum Gasteiger partial charge on any atom is -0.426 e. The fourth-order valence-corrected chi connectivity index (χ4v) is 3.19. The summed E-state index contributed by atoms with van der Waals surface area (Å²) in [6.07, 6.45) is 3.65. The van der Waals surface area contributed by atoms with E-state index in [9.17, 15) is 19.2 Å². The lowest BCUT2D eigenvalue weighted by Crippen LogP contribution is -2.30. The van der Waals surface area contributed by atoms with Crippen LogP contribution in [-0.2, 0) is 9.59 Å². The van der Waals surface area contributed by atoms with Crippen LogP contribution in [0.2, 0.25) is 0 Å². The fraction of sp³-hybridized carbons (Fsp3) is 0.273. The molecular weight excluding hydrogens is 376 g/mol. The maximum atomic E-state index is 12.3. The molecule has 0 aromatic heterocycles. The Morgan fingerprint density at radius 3 is 1.24 bits per heavy atom. The zero-order valence-electron chi connectivity index (χ0n) is 15.7. The molecule has 2 aromatic rings. The second-order valence-electron chi connectivity index (χ2n) is 6.76. The predicted octanol–water partition coefficient (Wildman–Crippen LogP) is 2.80. The standard InChI is InChI=1S/C22H20O6.H2O/c23-13-15-1-9-19(10-2-15)27-21(25)17-5-7-18(8-6-17)22(26)28-20-11-3-16(14-24)4-12-20;/h1-4,9-14,17-18H,5-8H2;1H2. The Hall–Kier alpha value is -3.32. The lowest BCUT2D eigenvalue weighted by Gasteiger charge is -2.25. The van der Waals surface area contributed by atoms with Crippen molar-refractivity contribution < 1.29 is 34.1 Å². The van der Waals surface area contributed by atoms with Crippen LogP contribution in [0, 0.1) is 11.8 Å². The predicted molar refractivity (Wildman–Crippen MR) is 104 cm³/mol. The lowest BCUT2D eigenvalue weighted by atomic mass is 9.82. The van der Waals surface area contributed by atoms with Crippen molar-refractivity contribution in [3.05, 3.63) is 59.7 Å². The van der Waals surface area contributed by atoms with Crippen molar-refractivity contribution in [2.24, 2.45) is 11.8 Å². The van der Waals surface area contributed by atoms with E-state index in [-0.39, 0.29) is 29.3 Å².